The summed E-state index contributed by atoms with van der Waals surface area (Å²) in [6.45, 7) is 3.04. The van der Waals surface area contributed by atoms with Gasteiger partial charge in [-0.2, -0.15) is 4.57 Å². The molecule has 0 fully saturated rings. The van der Waals surface area contributed by atoms with E-state index in [1.165, 1.54) is 22.0 Å². The highest BCUT2D eigenvalue weighted by atomic mass is 19.2. The molecule has 0 aliphatic heterocycles. The Labute approximate surface area is 339 Å². The molecule has 0 aliphatic carbocycles. The molecular weight excluding hydrogens is 897 g/mol. The van der Waals surface area contributed by atoms with Gasteiger partial charge in [-0.3, -0.25) is 0 Å². The number of rotatable bonds is 6. The molecule has 1 heterocycles. The molecule has 0 unspecified atom stereocenters. The number of aromatic nitrogens is 1. The average Bonchev–Trinajstić information content (AvgIpc) is 3.27. The number of fused-ring (bicyclic) bond motifs is 1. The summed E-state index contributed by atoms with van der Waals surface area (Å²) < 4.78 is 296. The molecule has 0 aliphatic rings. The molecule has 0 saturated carbocycles. The standard InChI is InChI=1S/C24BF20.C17H16N/c26-5-1(6(27)14(35)21(42)13(5)34)25(2-7(28)15(36)22(43)16(37)8(2)29,3-9(30)17(38)23(44)18(39)10(3)31)4-11(32)19(40)24(45)20(41)12(4)33;1-14-8-10-15(11-9-14)13-18-12-4-6-16-5-2-3-7-17(16)18/h;2-12H,13H2,1H3/q-1;+1. The van der Waals surface area contributed by atoms with E-state index in [9.17, 15) is 52.7 Å². The molecule has 0 amide bonds. The molecule has 0 spiro atoms. The second-order valence-corrected chi connectivity index (χ2v) is 13.5. The maximum absolute atomic E-state index is 15.4. The summed E-state index contributed by atoms with van der Waals surface area (Å²) in [6.07, 6.45) is -5.08. The number of hydrogen-bond donors (Lipinski definition) is 0. The van der Waals surface area contributed by atoms with Gasteiger partial charge in [0.15, 0.2) is 82.5 Å². The maximum atomic E-state index is 15.4. The molecule has 0 atom stereocenters. The van der Waals surface area contributed by atoms with Crippen molar-refractivity contribution in [1.82, 2.24) is 0 Å². The number of para-hydroxylation sites is 1. The molecule has 0 saturated heterocycles. The zero-order valence-electron chi connectivity index (χ0n) is 30.6. The first-order valence-electron chi connectivity index (χ1n) is 17.2. The first kappa shape index (κ1) is 45.9. The number of pyridine rings is 1. The van der Waals surface area contributed by atoms with E-state index < -0.39 is 144 Å². The van der Waals surface area contributed by atoms with Gasteiger partial charge < -0.3 is 0 Å². The number of nitrogens with zero attached hydrogens (tertiary/aromatic N) is 1. The third-order valence-corrected chi connectivity index (χ3v) is 9.97. The van der Waals surface area contributed by atoms with Crippen LogP contribution < -0.4 is 26.4 Å². The fourth-order valence-electron chi connectivity index (χ4n) is 7.12. The Kier molecular flexibility index (Phi) is 12.3. The summed E-state index contributed by atoms with van der Waals surface area (Å²) in [5.41, 5.74) is -10.4. The van der Waals surface area contributed by atoms with E-state index >= 15 is 35.1 Å². The lowest BCUT2D eigenvalue weighted by molar-refractivity contribution is -0.662. The highest BCUT2D eigenvalue weighted by Gasteiger charge is 2.52. The molecule has 22 heteroatoms. The number of hydrogen-bond acceptors (Lipinski definition) is 0. The molecule has 0 N–H and O–H groups in total. The minimum absolute atomic E-state index is 0.918. The van der Waals surface area contributed by atoms with Crippen LogP contribution in [0.4, 0.5) is 87.8 Å². The predicted molar refractivity (Wildman–Crippen MR) is 184 cm³/mol. The smallest absolute Gasteiger partial charge is 0.207 e. The van der Waals surface area contributed by atoms with Gasteiger partial charge in [0.25, 0.3) is 0 Å². The lowest BCUT2D eigenvalue weighted by Crippen LogP contribution is -2.81. The van der Waals surface area contributed by atoms with Crippen LogP contribution >= 0.6 is 0 Å². The molecule has 0 bridgehead atoms. The van der Waals surface area contributed by atoms with Gasteiger partial charge >= 0.3 is 0 Å². The van der Waals surface area contributed by atoms with Gasteiger partial charge in [0.2, 0.25) is 5.52 Å². The molecule has 7 rings (SSSR count). The molecule has 63 heavy (non-hydrogen) atoms. The summed E-state index contributed by atoms with van der Waals surface area (Å²) in [4.78, 5) is 0. The van der Waals surface area contributed by atoms with Crippen molar-refractivity contribution in [3.8, 4) is 0 Å². The van der Waals surface area contributed by atoms with E-state index in [1.807, 2.05) is 0 Å². The Hall–Kier alpha value is -6.61. The van der Waals surface area contributed by atoms with Crippen LogP contribution in [0.1, 0.15) is 11.1 Å². The van der Waals surface area contributed by atoms with Crippen molar-refractivity contribution in [2.24, 2.45) is 0 Å². The maximum Gasteiger partial charge on any atom is 0.212 e. The van der Waals surface area contributed by atoms with Crippen LogP contribution in [0.15, 0.2) is 66.9 Å². The average molecular weight is 913 g/mol. The summed E-state index contributed by atoms with van der Waals surface area (Å²) in [6, 6.07) is 21.5. The van der Waals surface area contributed by atoms with Gasteiger partial charge in [-0.25, -0.2) is 87.8 Å². The predicted octanol–water partition coefficient (Wildman–Crippen LogP) is 9.33. The van der Waals surface area contributed by atoms with Crippen molar-refractivity contribution in [3.63, 3.8) is 0 Å². The van der Waals surface area contributed by atoms with E-state index in [4.69, 9.17) is 0 Å². The van der Waals surface area contributed by atoms with Crippen molar-refractivity contribution in [2.45, 2.75) is 13.5 Å². The Morgan fingerprint density at radius 3 is 0.921 bits per heavy atom. The Balaban J connectivity index is 0.000000302. The van der Waals surface area contributed by atoms with Gasteiger partial charge in [-0.05, 0) is 19.1 Å². The number of benzene rings is 6. The monoisotopic (exact) mass is 913 g/mol. The number of aryl methyl sites for hydroxylation is 1. The third kappa shape index (κ3) is 7.17. The fourth-order valence-corrected chi connectivity index (χ4v) is 7.12. The van der Waals surface area contributed by atoms with Crippen LogP contribution in [0.2, 0.25) is 0 Å². The van der Waals surface area contributed by atoms with E-state index in [-0.39, 0.29) is 0 Å². The molecule has 1 aromatic heterocycles. The highest BCUT2D eigenvalue weighted by Crippen LogP contribution is 2.31. The quantitative estimate of drug-likeness (QED) is 0.0516. The minimum Gasteiger partial charge on any atom is -0.207 e. The van der Waals surface area contributed by atoms with Crippen molar-refractivity contribution in [1.29, 1.82) is 0 Å². The van der Waals surface area contributed by atoms with E-state index in [0.717, 1.165) is 6.54 Å². The molecule has 0 radical (unpaired) electrons. The third-order valence-electron chi connectivity index (χ3n) is 9.97. The van der Waals surface area contributed by atoms with Crippen LogP contribution in [-0.4, -0.2) is 6.15 Å². The van der Waals surface area contributed by atoms with Gasteiger partial charge in [0.1, 0.15) is 52.7 Å². The SMILES string of the molecule is Cc1ccc(C[n+]2cccc3ccccc32)cc1.Fc1c(F)c(F)c([B-](c2c(F)c(F)c(F)c(F)c2F)(c2c(F)c(F)c(F)c(F)c2F)c2c(F)c(F)c(F)c(F)c2F)c(F)c1F. The molecule has 328 valence electrons. The zero-order valence-corrected chi connectivity index (χ0v) is 30.6. The van der Waals surface area contributed by atoms with Crippen molar-refractivity contribution < 1.29 is 92.4 Å². The van der Waals surface area contributed by atoms with E-state index in [2.05, 4.69) is 78.4 Å². The molecule has 1 nitrogen and oxygen atoms in total. The Bertz CT molecular complexity index is 2600. The summed E-state index contributed by atoms with van der Waals surface area (Å²) in [5, 5.41) is 1.28. The van der Waals surface area contributed by atoms with Gasteiger partial charge in [-0.1, -0.05) is 42.0 Å². The summed E-state index contributed by atoms with van der Waals surface area (Å²) in [7, 11) is 0. The van der Waals surface area contributed by atoms with Gasteiger partial charge in [0.05, 0.1) is 0 Å². The first-order valence-corrected chi connectivity index (χ1v) is 17.2. The highest BCUT2D eigenvalue weighted by molar-refractivity contribution is 7.20. The fraction of sp³-hybridized carbons (Fsp3) is 0.0488. The van der Waals surface area contributed by atoms with Crippen molar-refractivity contribution in [3.05, 3.63) is 194 Å². The Morgan fingerprint density at radius 2 is 0.603 bits per heavy atom. The normalized spacial score (nSPS) is 11.6. The van der Waals surface area contributed by atoms with Crippen LogP contribution in [0.3, 0.4) is 0 Å². The van der Waals surface area contributed by atoms with Crippen LogP contribution in [-0.2, 0) is 6.54 Å². The van der Waals surface area contributed by atoms with Gasteiger partial charge in [0, 0.05) is 23.1 Å². The largest absolute Gasteiger partial charge is 0.212 e. The lowest BCUT2D eigenvalue weighted by atomic mass is 9.12. The Morgan fingerprint density at radius 1 is 0.333 bits per heavy atom. The topological polar surface area (TPSA) is 3.88 Å². The van der Waals surface area contributed by atoms with Crippen LogP contribution in [0.5, 0.6) is 0 Å². The van der Waals surface area contributed by atoms with E-state index in [0.29, 0.717) is 0 Å². The second-order valence-electron chi connectivity index (χ2n) is 13.5. The van der Waals surface area contributed by atoms with Crippen molar-refractivity contribution in [2.75, 3.05) is 0 Å². The van der Waals surface area contributed by atoms with Crippen LogP contribution in [0.25, 0.3) is 10.9 Å². The lowest BCUT2D eigenvalue weighted by Gasteiger charge is -2.44. The van der Waals surface area contributed by atoms with E-state index in [1.54, 1.807) is 0 Å². The number of halogens is 20. The molecular formula is C41H16BF20N. The summed E-state index contributed by atoms with van der Waals surface area (Å²) >= 11 is 0. The van der Waals surface area contributed by atoms with Crippen LogP contribution in [0, 0.1) is 123 Å². The first-order chi connectivity index (χ1) is 29.5. The van der Waals surface area contributed by atoms with Gasteiger partial charge in [-0.15, -0.1) is 21.9 Å². The molecule has 7 aromatic rings. The van der Waals surface area contributed by atoms with Crippen molar-refractivity contribution >= 4 is 38.9 Å². The summed E-state index contributed by atoms with van der Waals surface area (Å²) in [5.74, 6) is -71.4. The molecule has 6 aromatic carbocycles. The second kappa shape index (κ2) is 16.9. The zero-order chi connectivity index (χ0) is 46.7. The minimum atomic E-state index is -7.22.